The molecule has 0 saturated carbocycles. The third-order valence-electron chi connectivity index (χ3n) is 3.36. The lowest BCUT2D eigenvalue weighted by molar-refractivity contribution is 0.419. The Kier molecular flexibility index (Phi) is 3.75. The van der Waals surface area contributed by atoms with Crippen molar-refractivity contribution in [3.63, 3.8) is 0 Å². The Hall–Kier alpha value is -2.14. The molecule has 0 unspecified atom stereocenters. The standard InChI is InChI=1S/C16H17N3OS/c1-11-7-8-13(20-3)14-15(11)21-16(18-14)19(2)10-12-6-4-5-9-17-12/h4-9H,10H2,1-3H3. The number of aromatic nitrogens is 2. The van der Waals surface area contributed by atoms with Crippen LogP contribution in [-0.4, -0.2) is 24.1 Å². The molecule has 0 aliphatic heterocycles. The minimum Gasteiger partial charge on any atom is -0.494 e. The average Bonchev–Trinajstić information content (AvgIpc) is 2.95. The topological polar surface area (TPSA) is 38.2 Å². The zero-order valence-corrected chi connectivity index (χ0v) is 13.1. The van der Waals surface area contributed by atoms with Crippen molar-refractivity contribution in [2.45, 2.75) is 13.5 Å². The van der Waals surface area contributed by atoms with Crippen LogP contribution in [0.5, 0.6) is 5.75 Å². The first-order valence-corrected chi connectivity index (χ1v) is 7.56. The van der Waals surface area contributed by atoms with Gasteiger partial charge in [0.1, 0.15) is 11.3 Å². The lowest BCUT2D eigenvalue weighted by Crippen LogP contribution is -2.16. The molecule has 2 heterocycles. The molecule has 0 atom stereocenters. The Labute approximate surface area is 128 Å². The van der Waals surface area contributed by atoms with Crippen LogP contribution in [0.4, 0.5) is 5.13 Å². The summed E-state index contributed by atoms with van der Waals surface area (Å²) in [5.74, 6) is 0.823. The van der Waals surface area contributed by atoms with Gasteiger partial charge < -0.3 is 9.64 Å². The zero-order chi connectivity index (χ0) is 14.8. The van der Waals surface area contributed by atoms with Crippen molar-refractivity contribution >= 4 is 26.7 Å². The fraction of sp³-hybridized carbons (Fsp3) is 0.250. The monoisotopic (exact) mass is 299 g/mol. The number of hydrogen-bond acceptors (Lipinski definition) is 5. The van der Waals surface area contributed by atoms with Gasteiger partial charge in [-0.3, -0.25) is 4.98 Å². The van der Waals surface area contributed by atoms with E-state index < -0.39 is 0 Å². The van der Waals surface area contributed by atoms with E-state index in [0.717, 1.165) is 28.6 Å². The number of thiazole rings is 1. The Bertz CT molecular complexity index is 755. The summed E-state index contributed by atoms with van der Waals surface area (Å²) in [6.07, 6.45) is 1.81. The van der Waals surface area contributed by atoms with Gasteiger partial charge >= 0.3 is 0 Å². The molecule has 0 aliphatic carbocycles. The lowest BCUT2D eigenvalue weighted by atomic mass is 10.2. The van der Waals surface area contributed by atoms with Gasteiger partial charge in [0, 0.05) is 13.2 Å². The van der Waals surface area contributed by atoms with E-state index in [2.05, 4.69) is 22.9 Å². The van der Waals surface area contributed by atoms with Crippen LogP contribution in [0.3, 0.4) is 0 Å². The molecular formula is C16H17N3OS. The van der Waals surface area contributed by atoms with Crippen LogP contribution in [0.1, 0.15) is 11.3 Å². The number of rotatable bonds is 4. The third-order valence-corrected chi connectivity index (χ3v) is 4.67. The first-order chi connectivity index (χ1) is 10.2. The normalized spacial score (nSPS) is 10.8. The Morgan fingerprint density at radius 3 is 2.81 bits per heavy atom. The summed E-state index contributed by atoms with van der Waals surface area (Å²) in [5.41, 5.74) is 3.19. The second kappa shape index (κ2) is 5.69. The van der Waals surface area contributed by atoms with Crippen LogP contribution in [-0.2, 0) is 6.54 Å². The largest absolute Gasteiger partial charge is 0.494 e. The molecule has 1 aromatic carbocycles. The number of benzene rings is 1. The average molecular weight is 299 g/mol. The summed E-state index contributed by atoms with van der Waals surface area (Å²) in [6, 6.07) is 9.99. The number of anilines is 1. The molecular weight excluding hydrogens is 282 g/mol. The molecule has 108 valence electrons. The van der Waals surface area contributed by atoms with Crippen molar-refractivity contribution in [3.05, 3.63) is 47.8 Å². The number of nitrogens with zero attached hydrogens (tertiary/aromatic N) is 3. The van der Waals surface area contributed by atoms with E-state index in [0.29, 0.717) is 0 Å². The van der Waals surface area contributed by atoms with Gasteiger partial charge in [0.15, 0.2) is 5.13 Å². The van der Waals surface area contributed by atoms with Gasteiger partial charge in [-0.2, -0.15) is 0 Å². The van der Waals surface area contributed by atoms with E-state index in [1.54, 1.807) is 18.4 Å². The molecule has 3 aromatic rings. The van der Waals surface area contributed by atoms with Gasteiger partial charge in [-0.05, 0) is 30.7 Å². The number of pyridine rings is 1. The maximum Gasteiger partial charge on any atom is 0.186 e. The highest BCUT2D eigenvalue weighted by molar-refractivity contribution is 7.22. The minimum absolute atomic E-state index is 0.738. The highest BCUT2D eigenvalue weighted by Gasteiger charge is 2.14. The number of ether oxygens (including phenoxy) is 1. The summed E-state index contributed by atoms with van der Waals surface area (Å²) in [7, 11) is 3.72. The molecule has 3 rings (SSSR count). The fourth-order valence-electron chi connectivity index (χ4n) is 2.23. The SMILES string of the molecule is COc1ccc(C)c2sc(N(C)Cc3ccccn3)nc12. The molecule has 4 nitrogen and oxygen atoms in total. The van der Waals surface area contributed by atoms with E-state index in [1.165, 1.54) is 10.3 Å². The molecule has 2 aromatic heterocycles. The summed E-state index contributed by atoms with van der Waals surface area (Å²) >= 11 is 1.69. The number of hydrogen-bond donors (Lipinski definition) is 0. The maximum atomic E-state index is 5.41. The molecule has 0 saturated heterocycles. The highest BCUT2D eigenvalue weighted by Crippen LogP contribution is 2.36. The van der Waals surface area contributed by atoms with E-state index in [-0.39, 0.29) is 0 Å². The maximum absolute atomic E-state index is 5.41. The van der Waals surface area contributed by atoms with Crippen LogP contribution >= 0.6 is 11.3 Å². The van der Waals surface area contributed by atoms with Gasteiger partial charge in [0.2, 0.25) is 0 Å². The number of fused-ring (bicyclic) bond motifs is 1. The third kappa shape index (κ3) is 2.69. The smallest absolute Gasteiger partial charge is 0.186 e. The lowest BCUT2D eigenvalue weighted by Gasteiger charge is -2.14. The Morgan fingerprint density at radius 1 is 1.24 bits per heavy atom. The van der Waals surface area contributed by atoms with E-state index >= 15 is 0 Å². The zero-order valence-electron chi connectivity index (χ0n) is 12.3. The van der Waals surface area contributed by atoms with Crippen molar-refractivity contribution in [2.75, 3.05) is 19.1 Å². The van der Waals surface area contributed by atoms with Crippen LogP contribution in [0.2, 0.25) is 0 Å². The van der Waals surface area contributed by atoms with Crippen molar-refractivity contribution in [1.82, 2.24) is 9.97 Å². The first kappa shape index (κ1) is 13.8. The second-order valence-corrected chi connectivity index (χ2v) is 5.91. The van der Waals surface area contributed by atoms with Crippen molar-refractivity contribution in [3.8, 4) is 5.75 Å². The van der Waals surface area contributed by atoms with Crippen LogP contribution in [0.25, 0.3) is 10.2 Å². The van der Waals surface area contributed by atoms with Crippen molar-refractivity contribution < 1.29 is 4.74 Å². The molecule has 0 fully saturated rings. The van der Waals surface area contributed by atoms with Crippen LogP contribution in [0.15, 0.2) is 36.5 Å². The molecule has 21 heavy (non-hydrogen) atoms. The molecule has 0 aliphatic rings. The van der Waals surface area contributed by atoms with Crippen LogP contribution < -0.4 is 9.64 Å². The quantitative estimate of drug-likeness (QED) is 0.737. The highest BCUT2D eigenvalue weighted by atomic mass is 32.1. The molecule has 0 amide bonds. The number of methoxy groups -OCH3 is 1. The first-order valence-electron chi connectivity index (χ1n) is 6.74. The molecule has 5 heteroatoms. The van der Waals surface area contributed by atoms with E-state index in [4.69, 9.17) is 9.72 Å². The van der Waals surface area contributed by atoms with E-state index in [9.17, 15) is 0 Å². The Morgan fingerprint density at radius 2 is 2.10 bits per heavy atom. The van der Waals surface area contributed by atoms with Crippen molar-refractivity contribution in [1.29, 1.82) is 0 Å². The molecule has 0 bridgehead atoms. The summed E-state index contributed by atoms with van der Waals surface area (Å²) in [6.45, 7) is 2.84. The van der Waals surface area contributed by atoms with Gasteiger partial charge in [-0.25, -0.2) is 4.98 Å². The molecule has 0 spiro atoms. The molecule has 0 N–H and O–H groups in total. The number of aryl methyl sites for hydroxylation is 1. The molecule has 0 radical (unpaired) electrons. The van der Waals surface area contributed by atoms with Gasteiger partial charge in [-0.1, -0.05) is 23.5 Å². The van der Waals surface area contributed by atoms with Crippen molar-refractivity contribution in [2.24, 2.45) is 0 Å². The minimum atomic E-state index is 0.738. The van der Waals surface area contributed by atoms with Crippen LogP contribution in [0, 0.1) is 6.92 Å². The fourth-order valence-corrected chi connectivity index (χ4v) is 3.24. The summed E-state index contributed by atoms with van der Waals surface area (Å²) < 4.78 is 6.59. The summed E-state index contributed by atoms with van der Waals surface area (Å²) in [4.78, 5) is 11.2. The van der Waals surface area contributed by atoms with E-state index in [1.807, 2.05) is 37.5 Å². The predicted octanol–water partition coefficient (Wildman–Crippen LogP) is 3.64. The summed E-state index contributed by atoms with van der Waals surface area (Å²) in [5, 5.41) is 0.975. The Balaban J connectivity index is 1.95. The predicted molar refractivity (Wildman–Crippen MR) is 87.3 cm³/mol. The van der Waals surface area contributed by atoms with Gasteiger partial charge in [0.25, 0.3) is 0 Å². The van der Waals surface area contributed by atoms with Gasteiger partial charge in [0.05, 0.1) is 24.0 Å². The second-order valence-electron chi connectivity index (χ2n) is 4.94. The van der Waals surface area contributed by atoms with Gasteiger partial charge in [-0.15, -0.1) is 0 Å².